The number of para-hydroxylation sites is 1. The van der Waals surface area contributed by atoms with Gasteiger partial charge in [-0.3, -0.25) is 4.79 Å². The van der Waals surface area contributed by atoms with E-state index in [2.05, 4.69) is 20.6 Å². The van der Waals surface area contributed by atoms with Crippen LogP contribution in [0.1, 0.15) is 11.4 Å². The number of rotatable bonds is 6. The van der Waals surface area contributed by atoms with Gasteiger partial charge in [0.25, 0.3) is 0 Å². The minimum absolute atomic E-state index is 0.0819. The zero-order valence-corrected chi connectivity index (χ0v) is 15.5. The van der Waals surface area contributed by atoms with Gasteiger partial charge in [-0.15, -0.1) is 0 Å². The van der Waals surface area contributed by atoms with Crippen LogP contribution < -0.4 is 10.6 Å². The summed E-state index contributed by atoms with van der Waals surface area (Å²) in [5.41, 5.74) is 4.56. The second-order valence-electron chi connectivity index (χ2n) is 5.84. The van der Waals surface area contributed by atoms with Crippen molar-refractivity contribution in [3.05, 3.63) is 72.1 Å². The Morgan fingerprint density at radius 3 is 2.12 bits per heavy atom. The smallest absolute Gasteiger partial charge is 0.234 e. The minimum atomic E-state index is -0.0819. The van der Waals surface area contributed by atoms with E-state index in [1.807, 2.05) is 74.5 Å². The Bertz CT molecular complexity index is 862. The third-order valence-corrected chi connectivity index (χ3v) is 4.37. The highest BCUT2D eigenvalue weighted by molar-refractivity contribution is 7.99. The zero-order valence-electron chi connectivity index (χ0n) is 14.7. The summed E-state index contributed by atoms with van der Waals surface area (Å²) in [6.07, 6.45) is 0. The van der Waals surface area contributed by atoms with E-state index in [1.165, 1.54) is 11.8 Å². The number of nitrogens with zero attached hydrogens (tertiary/aromatic N) is 2. The van der Waals surface area contributed by atoms with Gasteiger partial charge in [0, 0.05) is 28.5 Å². The number of carbonyl (C=O) groups excluding carboxylic acids is 1. The van der Waals surface area contributed by atoms with Gasteiger partial charge in [-0.05, 0) is 56.3 Å². The fourth-order valence-electron chi connectivity index (χ4n) is 2.41. The van der Waals surface area contributed by atoms with Crippen molar-refractivity contribution in [2.75, 3.05) is 16.4 Å². The first kappa shape index (κ1) is 17.9. The van der Waals surface area contributed by atoms with E-state index in [9.17, 15) is 4.79 Å². The molecule has 0 aliphatic heterocycles. The molecule has 3 aromatic rings. The number of aryl methyl sites for hydroxylation is 2. The molecule has 0 unspecified atom stereocenters. The largest absolute Gasteiger partial charge is 0.356 e. The zero-order chi connectivity index (χ0) is 18.4. The summed E-state index contributed by atoms with van der Waals surface area (Å²) in [6.45, 7) is 3.84. The molecular weight excluding hydrogens is 344 g/mol. The Hall–Kier alpha value is -2.86. The number of hydrogen-bond acceptors (Lipinski definition) is 5. The van der Waals surface area contributed by atoms with Gasteiger partial charge in [0.05, 0.1) is 5.75 Å². The van der Waals surface area contributed by atoms with E-state index < -0.39 is 0 Å². The molecule has 3 rings (SSSR count). The van der Waals surface area contributed by atoms with Crippen LogP contribution in [-0.2, 0) is 4.79 Å². The number of benzene rings is 2. The second kappa shape index (κ2) is 8.49. The summed E-state index contributed by atoms with van der Waals surface area (Å²) in [6, 6.07) is 19.5. The first-order valence-electron chi connectivity index (χ1n) is 8.25. The maximum Gasteiger partial charge on any atom is 0.234 e. The Kier molecular flexibility index (Phi) is 5.86. The molecule has 0 aliphatic carbocycles. The fourth-order valence-corrected chi connectivity index (χ4v) is 3.16. The molecular formula is C20H20N4OS. The number of carbonyl (C=O) groups is 1. The van der Waals surface area contributed by atoms with Crippen LogP contribution in [0.5, 0.6) is 0 Å². The lowest BCUT2D eigenvalue weighted by Crippen LogP contribution is -2.14. The molecule has 2 N–H and O–H groups in total. The topological polar surface area (TPSA) is 66.9 Å². The SMILES string of the molecule is Cc1cc(C)nc(SCC(=O)Nc2ccc(Nc3ccccc3)cc2)n1. The van der Waals surface area contributed by atoms with Crippen LogP contribution in [0, 0.1) is 13.8 Å². The van der Waals surface area contributed by atoms with Gasteiger partial charge in [-0.1, -0.05) is 30.0 Å². The van der Waals surface area contributed by atoms with Gasteiger partial charge >= 0.3 is 0 Å². The number of thioether (sulfide) groups is 1. The third kappa shape index (κ3) is 5.32. The molecule has 0 spiro atoms. The van der Waals surface area contributed by atoms with Gasteiger partial charge in [-0.2, -0.15) is 0 Å². The van der Waals surface area contributed by atoms with Crippen LogP contribution in [0.15, 0.2) is 65.8 Å². The Labute approximate surface area is 157 Å². The number of aromatic nitrogens is 2. The Morgan fingerprint density at radius 2 is 1.46 bits per heavy atom. The molecule has 0 radical (unpaired) electrons. The van der Waals surface area contributed by atoms with Crippen LogP contribution >= 0.6 is 11.8 Å². The summed E-state index contributed by atoms with van der Waals surface area (Å²) in [4.78, 5) is 20.8. The lowest BCUT2D eigenvalue weighted by molar-refractivity contribution is -0.113. The van der Waals surface area contributed by atoms with E-state index in [1.54, 1.807) is 0 Å². The molecule has 0 fully saturated rings. The molecule has 0 aliphatic rings. The summed E-state index contributed by atoms with van der Waals surface area (Å²) >= 11 is 1.33. The lowest BCUT2D eigenvalue weighted by atomic mass is 10.2. The normalized spacial score (nSPS) is 10.4. The number of amides is 1. The van der Waals surface area contributed by atoms with Crippen LogP contribution in [0.3, 0.4) is 0 Å². The molecule has 6 heteroatoms. The van der Waals surface area contributed by atoms with Crippen LogP contribution in [0.25, 0.3) is 0 Å². The molecule has 0 bridgehead atoms. The fraction of sp³-hybridized carbons (Fsp3) is 0.150. The summed E-state index contributed by atoms with van der Waals surface area (Å²) in [5.74, 6) is 0.189. The molecule has 0 saturated carbocycles. The van der Waals surface area contributed by atoms with Crippen LogP contribution in [0.4, 0.5) is 17.1 Å². The van der Waals surface area contributed by atoms with Gasteiger partial charge < -0.3 is 10.6 Å². The number of nitrogens with one attached hydrogen (secondary N) is 2. The van der Waals surface area contributed by atoms with Gasteiger partial charge in [0.15, 0.2) is 5.16 Å². The average Bonchev–Trinajstić information content (AvgIpc) is 2.62. The molecule has 5 nitrogen and oxygen atoms in total. The van der Waals surface area contributed by atoms with Crippen LogP contribution in [0.2, 0.25) is 0 Å². The van der Waals surface area contributed by atoms with E-state index in [0.717, 1.165) is 28.5 Å². The summed E-state index contributed by atoms with van der Waals surface area (Å²) in [7, 11) is 0. The highest BCUT2D eigenvalue weighted by atomic mass is 32.2. The molecule has 0 saturated heterocycles. The minimum Gasteiger partial charge on any atom is -0.356 e. The molecule has 132 valence electrons. The standard InChI is InChI=1S/C20H20N4OS/c1-14-12-15(2)22-20(21-14)26-13-19(25)24-18-10-8-17(9-11-18)23-16-6-4-3-5-7-16/h3-12,23H,13H2,1-2H3,(H,24,25). The Balaban J connectivity index is 1.52. The van der Waals surface area contributed by atoms with Crippen molar-refractivity contribution in [1.82, 2.24) is 9.97 Å². The summed E-state index contributed by atoms with van der Waals surface area (Å²) in [5, 5.41) is 6.82. The van der Waals surface area contributed by atoms with Crippen molar-refractivity contribution in [3.63, 3.8) is 0 Å². The predicted octanol–water partition coefficient (Wildman–Crippen LogP) is 4.57. The highest BCUT2D eigenvalue weighted by Gasteiger charge is 2.07. The highest BCUT2D eigenvalue weighted by Crippen LogP contribution is 2.19. The molecule has 1 aromatic heterocycles. The van der Waals surface area contributed by atoms with E-state index in [-0.39, 0.29) is 11.7 Å². The lowest BCUT2D eigenvalue weighted by Gasteiger charge is -2.08. The van der Waals surface area contributed by atoms with Gasteiger partial charge in [0.2, 0.25) is 5.91 Å². The Morgan fingerprint density at radius 1 is 0.885 bits per heavy atom. The van der Waals surface area contributed by atoms with Crippen molar-refractivity contribution >= 4 is 34.7 Å². The van der Waals surface area contributed by atoms with Crippen molar-refractivity contribution in [2.24, 2.45) is 0 Å². The van der Waals surface area contributed by atoms with E-state index >= 15 is 0 Å². The molecule has 1 heterocycles. The molecule has 1 amide bonds. The summed E-state index contributed by atoms with van der Waals surface area (Å²) < 4.78 is 0. The van der Waals surface area contributed by atoms with Crippen molar-refractivity contribution in [3.8, 4) is 0 Å². The molecule has 2 aromatic carbocycles. The maximum absolute atomic E-state index is 12.1. The van der Waals surface area contributed by atoms with Gasteiger partial charge in [0.1, 0.15) is 0 Å². The second-order valence-corrected chi connectivity index (χ2v) is 6.78. The quantitative estimate of drug-likeness (QED) is 0.495. The van der Waals surface area contributed by atoms with Crippen molar-refractivity contribution in [1.29, 1.82) is 0 Å². The number of anilines is 3. The predicted molar refractivity (Wildman–Crippen MR) is 107 cm³/mol. The van der Waals surface area contributed by atoms with Crippen molar-refractivity contribution in [2.45, 2.75) is 19.0 Å². The first-order valence-corrected chi connectivity index (χ1v) is 9.24. The monoisotopic (exact) mass is 364 g/mol. The number of hydrogen-bond donors (Lipinski definition) is 2. The van der Waals surface area contributed by atoms with E-state index in [0.29, 0.717) is 5.16 Å². The van der Waals surface area contributed by atoms with Crippen LogP contribution in [-0.4, -0.2) is 21.6 Å². The maximum atomic E-state index is 12.1. The third-order valence-electron chi connectivity index (χ3n) is 3.53. The average molecular weight is 364 g/mol. The van der Waals surface area contributed by atoms with E-state index in [4.69, 9.17) is 0 Å². The van der Waals surface area contributed by atoms with Gasteiger partial charge in [-0.25, -0.2) is 9.97 Å². The molecule has 26 heavy (non-hydrogen) atoms. The first-order chi connectivity index (χ1) is 12.6. The van der Waals surface area contributed by atoms with Crippen molar-refractivity contribution < 1.29 is 4.79 Å². The molecule has 0 atom stereocenters.